The van der Waals surface area contributed by atoms with Crippen molar-refractivity contribution in [2.24, 2.45) is 0 Å². The first-order valence-corrected chi connectivity index (χ1v) is 8.47. The number of rotatable bonds is 4. The van der Waals surface area contributed by atoms with Crippen LogP contribution in [-0.2, 0) is 16.4 Å². The Hall–Kier alpha value is -0.830. The highest BCUT2D eigenvalue weighted by Gasteiger charge is 2.10. The highest BCUT2D eigenvalue weighted by atomic mass is 127. The summed E-state index contributed by atoms with van der Waals surface area (Å²) in [6.07, 6.45) is 1.59. The predicted octanol–water partition coefficient (Wildman–Crippen LogP) is 1.63. The van der Waals surface area contributed by atoms with Crippen molar-refractivity contribution in [2.45, 2.75) is 13.0 Å². The fraction of sp³-hybridized carbons (Fsp3) is 0.364. The van der Waals surface area contributed by atoms with Crippen LogP contribution in [-0.4, -0.2) is 25.0 Å². The zero-order valence-corrected chi connectivity index (χ0v) is 12.7. The van der Waals surface area contributed by atoms with Gasteiger partial charge in [0.25, 0.3) is 0 Å². The van der Waals surface area contributed by atoms with Gasteiger partial charge in [-0.25, -0.2) is 13.2 Å². The quantitative estimate of drug-likeness (QED) is 0.756. The molecular formula is C11H12INO4S. The number of benzene rings is 1. The van der Waals surface area contributed by atoms with Crippen LogP contribution in [0.2, 0.25) is 0 Å². The molecule has 0 N–H and O–H groups in total. The first kappa shape index (κ1) is 13.6. The Morgan fingerprint density at radius 1 is 1.39 bits per heavy atom. The van der Waals surface area contributed by atoms with Gasteiger partial charge in [0.1, 0.15) is 9.84 Å². The Morgan fingerprint density at radius 2 is 2.11 bits per heavy atom. The minimum Gasteiger partial charge on any atom is -0.408 e. The fourth-order valence-corrected chi connectivity index (χ4v) is 2.85. The summed E-state index contributed by atoms with van der Waals surface area (Å²) in [6, 6.07) is 5.47. The first-order valence-electron chi connectivity index (χ1n) is 5.33. The summed E-state index contributed by atoms with van der Waals surface area (Å²) >= 11 is 2.14. The summed E-state index contributed by atoms with van der Waals surface area (Å²) < 4.78 is 29.7. The van der Waals surface area contributed by atoms with Crippen molar-refractivity contribution in [3.63, 3.8) is 0 Å². The van der Waals surface area contributed by atoms with Gasteiger partial charge in [-0.3, -0.25) is 4.57 Å². The van der Waals surface area contributed by atoms with Crippen LogP contribution in [0.5, 0.6) is 0 Å². The molecule has 1 aromatic carbocycles. The van der Waals surface area contributed by atoms with Crippen molar-refractivity contribution in [3.8, 4) is 0 Å². The molecule has 0 bridgehead atoms. The van der Waals surface area contributed by atoms with E-state index in [-0.39, 0.29) is 5.75 Å². The molecule has 0 unspecified atom stereocenters. The Labute approximate surface area is 118 Å². The van der Waals surface area contributed by atoms with E-state index in [4.69, 9.17) is 4.42 Å². The van der Waals surface area contributed by atoms with E-state index in [1.165, 1.54) is 10.8 Å². The Balaban J connectivity index is 2.28. The third-order valence-corrected chi connectivity index (χ3v) is 4.23. The average molecular weight is 381 g/mol. The molecule has 7 heteroatoms. The average Bonchev–Trinajstić information content (AvgIpc) is 2.52. The molecule has 2 rings (SSSR count). The topological polar surface area (TPSA) is 69.3 Å². The molecule has 98 valence electrons. The molecule has 0 spiro atoms. The lowest BCUT2D eigenvalue weighted by atomic mass is 10.3. The lowest BCUT2D eigenvalue weighted by Gasteiger charge is -2.01. The van der Waals surface area contributed by atoms with Gasteiger partial charge in [-0.1, -0.05) is 0 Å². The molecular weight excluding hydrogens is 369 g/mol. The van der Waals surface area contributed by atoms with Crippen molar-refractivity contribution in [1.82, 2.24) is 4.57 Å². The summed E-state index contributed by atoms with van der Waals surface area (Å²) in [5, 5.41) is 0. The van der Waals surface area contributed by atoms with Crippen LogP contribution >= 0.6 is 22.6 Å². The highest BCUT2D eigenvalue weighted by molar-refractivity contribution is 14.1. The standard InChI is InChI=1S/C11H12INO4S/c1-18(15,16)6-2-5-13-9-4-3-8(12)7-10(9)17-11(13)14/h3-4,7H,2,5-6H2,1H3. The van der Waals surface area contributed by atoms with Gasteiger partial charge >= 0.3 is 5.76 Å². The molecule has 0 aliphatic heterocycles. The number of sulfone groups is 1. The third-order valence-electron chi connectivity index (χ3n) is 2.53. The molecule has 0 saturated heterocycles. The van der Waals surface area contributed by atoms with Crippen LogP contribution in [0.25, 0.3) is 11.1 Å². The molecule has 0 saturated carbocycles. The summed E-state index contributed by atoms with van der Waals surface area (Å²) in [7, 11) is -3.00. The lowest BCUT2D eigenvalue weighted by molar-refractivity contribution is 0.501. The molecule has 5 nitrogen and oxygen atoms in total. The van der Waals surface area contributed by atoms with Crippen molar-refractivity contribution in [3.05, 3.63) is 32.3 Å². The van der Waals surface area contributed by atoms with Crippen LogP contribution in [0.1, 0.15) is 6.42 Å². The van der Waals surface area contributed by atoms with Gasteiger partial charge in [-0.05, 0) is 47.2 Å². The molecule has 1 aromatic heterocycles. The van der Waals surface area contributed by atoms with Gasteiger partial charge in [0.2, 0.25) is 0 Å². The predicted molar refractivity (Wildman–Crippen MR) is 77.5 cm³/mol. The molecule has 0 atom stereocenters. The third kappa shape index (κ3) is 3.14. The van der Waals surface area contributed by atoms with Gasteiger partial charge in [0.15, 0.2) is 5.58 Å². The molecule has 2 aromatic rings. The maximum absolute atomic E-state index is 11.6. The SMILES string of the molecule is CS(=O)(=O)CCCn1c(=O)oc2cc(I)ccc21. The molecule has 0 radical (unpaired) electrons. The molecule has 0 fully saturated rings. The lowest BCUT2D eigenvalue weighted by Crippen LogP contribution is -2.16. The number of nitrogens with zero attached hydrogens (tertiary/aromatic N) is 1. The first-order chi connectivity index (χ1) is 8.37. The second-order valence-corrected chi connectivity index (χ2v) is 7.62. The Bertz CT molecular complexity index is 729. The number of aromatic nitrogens is 1. The monoisotopic (exact) mass is 381 g/mol. The van der Waals surface area contributed by atoms with E-state index in [1.54, 1.807) is 6.07 Å². The summed E-state index contributed by atoms with van der Waals surface area (Å²) in [5.74, 6) is -0.378. The fourth-order valence-electron chi connectivity index (χ4n) is 1.74. The van der Waals surface area contributed by atoms with E-state index in [9.17, 15) is 13.2 Å². The van der Waals surface area contributed by atoms with E-state index >= 15 is 0 Å². The van der Waals surface area contributed by atoms with Crippen molar-refractivity contribution in [2.75, 3.05) is 12.0 Å². The molecule has 18 heavy (non-hydrogen) atoms. The number of hydrogen-bond acceptors (Lipinski definition) is 4. The van der Waals surface area contributed by atoms with E-state index in [0.717, 1.165) is 3.57 Å². The van der Waals surface area contributed by atoms with Crippen molar-refractivity contribution >= 4 is 43.5 Å². The maximum atomic E-state index is 11.6. The highest BCUT2D eigenvalue weighted by Crippen LogP contribution is 2.16. The normalized spacial score (nSPS) is 12.1. The zero-order chi connectivity index (χ0) is 13.3. The van der Waals surface area contributed by atoms with Gasteiger partial charge in [0.05, 0.1) is 11.3 Å². The molecule has 0 aliphatic carbocycles. The molecule has 1 heterocycles. The summed E-state index contributed by atoms with van der Waals surface area (Å²) in [4.78, 5) is 11.6. The van der Waals surface area contributed by atoms with E-state index in [1.807, 2.05) is 12.1 Å². The largest absolute Gasteiger partial charge is 0.419 e. The number of aryl methyl sites for hydroxylation is 1. The number of oxazole rings is 1. The molecule has 0 amide bonds. The maximum Gasteiger partial charge on any atom is 0.419 e. The van der Waals surface area contributed by atoms with Gasteiger partial charge in [-0.2, -0.15) is 0 Å². The van der Waals surface area contributed by atoms with E-state index in [2.05, 4.69) is 22.6 Å². The van der Waals surface area contributed by atoms with Crippen LogP contribution < -0.4 is 5.76 Å². The van der Waals surface area contributed by atoms with Gasteiger partial charge in [-0.15, -0.1) is 0 Å². The smallest absolute Gasteiger partial charge is 0.408 e. The Morgan fingerprint density at radius 3 is 2.78 bits per heavy atom. The second-order valence-electron chi connectivity index (χ2n) is 4.12. The summed E-state index contributed by atoms with van der Waals surface area (Å²) in [5.41, 5.74) is 1.24. The van der Waals surface area contributed by atoms with Gasteiger partial charge < -0.3 is 4.42 Å². The number of hydrogen-bond donors (Lipinski definition) is 0. The van der Waals surface area contributed by atoms with E-state index < -0.39 is 15.6 Å². The summed E-state index contributed by atoms with van der Waals surface area (Å²) in [6.45, 7) is 0.347. The van der Waals surface area contributed by atoms with Gasteiger partial charge in [0, 0.05) is 16.4 Å². The number of halogens is 1. The van der Waals surface area contributed by atoms with Crippen molar-refractivity contribution in [1.29, 1.82) is 0 Å². The second kappa shape index (κ2) is 5.04. The zero-order valence-electron chi connectivity index (χ0n) is 9.72. The minimum absolute atomic E-state index is 0.0660. The van der Waals surface area contributed by atoms with Crippen LogP contribution in [0, 0.1) is 3.57 Å². The van der Waals surface area contributed by atoms with Crippen LogP contribution in [0.3, 0.4) is 0 Å². The minimum atomic E-state index is -3.00. The van der Waals surface area contributed by atoms with Crippen LogP contribution in [0.4, 0.5) is 0 Å². The molecule has 0 aliphatic rings. The van der Waals surface area contributed by atoms with Crippen LogP contribution in [0.15, 0.2) is 27.4 Å². The number of fused-ring (bicyclic) bond motifs is 1. The Kier molecular flexibility index (Phi) is 3.81. The van der Waals surface area contributed by atoms with Crippen molar-refractivity contribution < 1.29 is 12.8 Å². The van der Waals surface area contributed by atoms with E-state index in [0.29, 0.717) is 24.1 Å².